The Morgan fingerprint density at radius 2 is 2.03 bits per heavy atom. The van der Waals surface area contributed by atoms with Gasteiger partial charge in [-0.1, -0.05) is 25.4 Å². The number of hydrogen-bond donors (Lipinski definition) is 2. The van der Waals surface area contributed by atoms with Gasteiger partial charge in [0.25, 0.3) is 11.8 Å². The van der Waals surface area contributed by atoms with Crippen molar-refractivity contribution in [2.45, 2.75) is 39.7 Å². The van der Waals surface area contributed by atoms with Crippen LogP contribution in [0.4, 0.5) is 0 Å². The van der Waals surface area contributed by atoms with Gasteiger partial charge in [-0.25, -0.2) is 0 Å². The van der Waals surface area contributed by atoms with Crippen LogP contribution in [0.5, 0.6) is 5.75 Å². The maximum Gasteiger partial charge on any atom is 0.256 e. The third-order valence-corrected chi connectivity index (χ3v) is 5.99. The van der Waals surface area contributed by atoms with Crippen molar-refractivity contribution in [3.05, 3.63) is 58.4 Å². The van der Waals surface area contributed by atoms with Crippen LogP contribution in [0.15, 0.2) is 36.5 Å². The van der Waals surface area contributed by atoms with E-state index in [0.29, 0.717) is 53.5 Å². The number of pyridine rings is 1. The van der Waals surface area contributed by atoms with Gasteiger partial charge < -0.3 is 20.3 Å². The average Bonchev–Trinajstić information content (AvgIpc) is 2.80. The summed E-state index contributed by atoms with van der Waals surface area (Å²) in [5.74, 6) is -0.322. The van der Waals surface area contributed by atoms with E-state index in [1.807, 2.05) is 13.8 Å². The number of aryl methyl sites for hydroxylation is 1. The fourth-order valence-electron chi connectivity index (χ4n) is 3.67. The summed E-state index contributed by atoms with van der Waals surface area (Å²) in [7, 11) is 0. The third kappa shape index (κ3) is 6.70. The molecule has 3 rings (SSSR count). The number of ether oxygens (including phenoxy) is 1. The van der Waals surface area contributed by atoms with Crippen LogP contribution in [0.2, 0.25) is 5.02 Å². The second-order valence-electron chi connectivity index (χ2n) is 8.70. The number of halogens is 1. The Bertz CT molecular complexity index is 1040. The number of fused-ring (bicyclic) bond motifs is 1. The Hall–Kier alpha value is -3.13. The molecule has 2 aromatic rings. The Labute approximate surface area is 205 Å². The summed E-state index contributed by atoms with van der Waals surface area (Å²) >= 11 is 6.11. The standard InChI is InChI=1S/C25H31ClN4O4/c1-16(2)21-15-34-22-9-8-18(26)13-20(22)24(32)28-10-4-5-12-30(14-23(31)29-21)25(33)19-7-6-11-27-17(19)3/h6-9,11,13,16,21H,4-5,10,12,14-15H2,1-3H3,(H,28,32)(H,29,31)/t21-/m0/s1. The first kappa shape index (κ1) is 25.5. The monoisotopic (exact) mass is 486 g/mol. The van der Waals surface area contributed by atoms with Crippen molar-refractivity contribution >= 4 is 29.3 Å². The molecule has 0 fully saturated rings. The van der Waals surface area contributed by atoms with Gasteiger partial charge in [-0.15, -0.1) is 0 Å². The molecule has 0 aliphatic carbocycles. The minimum Gasteiger partial charge on any atom is -0.491 e. The van der Waals surface area contributed by atoms with Gasteiger partial charge in [-0.05, 0) is 56.0 Å². The van der Waals surface area contributed by atoms with E-state index in [1.54, 1.807) is 43.5 Å². The number of amides is 3. The van der Waals surface area contributed by atoms with Crippen LogP contribution < -0.4 is 15.4 Å². The van der Waals surface area contributed by atoms with E-state index in [4.69, 9.17) is 16.3 Å². The molecule has 8 nitrogen and oxygen atoms in total. The first-order chi connectivity index (χ1) is 16.3. The van der Waals surface area contributed by atoms with Crippen LogP contribution >= 0.6 is 11.6 Å². The molecule has 1 aliphatic heterocycles. The van der Waals surface area contributed by atoms with Crippen molar-refractivity contribution in [3.8, 4) is 5.75 Å². The number of hydrogen-bond acceptors (Lipinski definition) is 5. The summed E-state index contributed by atoms with van der Waals surface area (Å²) in [4.78, 5) is 44.7. The molecule has 9 heteroatoms. The first-order valence-electron chi connectivity index (χ1n) is 11.5. The highest BCUT2D eigenvalue weighted by Gasteiger charge is 2.24. The molecule has 182 valence electrons. The Morgan fingerprint density at radius 1 is 1.24 bits per heavy atom. The minimum atomic E-state index is -0.318. The molecule has 2 N–H and O–H groups in total. The van der Waals surface area contributed by atoms with Crippen LogP contribution in [0, 0.1) is 12.8 Å². The fraction of sp³-hybridized carbons (Fsp3) is 0.440. The SMILES string of the molecule is Cc1ncccc1C(=O)N1CCCCNC(=O)c2cc(Cl)ccc2OC[C@@H](C(C)C)NC(=O)C1. The second-order valence-corrected chi connectivity index (χ2v) is 9.13. The van der Waals surface area contributed by atoms with E-state index in [2.05, 4.69) is 15.6 Å². The molecule has 0 saturated carbocycles. The molecule has 0 saturated heterocycles. The molecule has 0 spiro atoms. The van der Waals surface area contributed by atoms with Gasteiger partial charge in [0.15, 0.2) is 0 Å². The molecule has 1 aromatic carbocycles. The summed E-state index contributed by atoms with van der Waals surface area (Å²) in [5, 5.41) is 6.31. The topological polar surface area (TPSA) is 101 Å². The molecule has 0 radical (unpaired) electrons. The molecule has 0 unspecified atom stereocenters. The molecule has 34 heavy (non-hydrogen) atoms. The summed E-state index contributed by atoms with van der Waals surface area (Å²) < 4.78 is 5.95. The number of nitrogens with zero attached hydrogens (tertiary/aromatic N) is 2. The van der Waals surface area contributed by atoms with Gasteiger partial charge in [0.2, 0.25) is 5.91 Å². The molecule has 0 bridgehead atoms. The first-order valence-corrected chi connectivity index (χ1v) is 11.8. The van der Waals surface area contributed by atoms with Gasteiger partial charge in [0.05, 0.1) is 23.7 Å². The Morgan fingerprint density at radius 3 is 2.76 bits per heavy atom. The largest absolute Gasteiger partial charge is 0.491 e. The zero-order chi connectivity index (χ0) is 24.7. The molecule has 2 heterocycles. The van der Waals surface area contributed by atoms with E-state index in [0.717, 1.165) is 0 Å². The van der Waals surface area contributed by atoms with E-state index < -0.39 is 0 Å². The van der Waals surface area contributed by atoms with Crippen molar-refractivity contribution < 1.29 is 19.1 Å². The summed E-state index contributed by atoms with van der Waals surface area (Å²) in [6.07, 6.45) is 2.88. The van der Waals surface area contributed by atoms with E-state index in [1.165, 1.54) is 4.90 Å². The molecular formula is C25H31ClN4O4. The summed E-state index contributed by atoms with van der Waals surface area (Å²) in [5.41, 5.74) is 1.43. The fourth-order valence-corrected chi connectivity index (χ4v) is 3.84. The maximum absolute atomic E-state index is 13.2. The molecule has 1 aliphatic rings. The van der Waals surface area contributed by atoms with Crippen LogP contribution in [0.1, 0.15) is 53.1 Å². The van der Waals surface area contributed by atoms with Crippen LogP contribution in [-0.2, 0) is 4.79 Å². The third-order valence-electron chi connectivity index (χ3n) is 5.76. The van der Waals surface area contributed by atoms with Crippen molar-refractivity contribution in [1.29, 1.82) is 0 Å². The number of benzene rings is 1. The molecular weight excluding hydrogens is 456 g/mol. The summed E-state index contributed by atoms with van der Waals surface area (Å²) in [6.45, 7) is 6.60. The molecule has 3 amide bonds. The van der Waals surface area contributed by atoms with E-state index in [-0.39, 0.29) is 42.8 Å². The smallest absolute Gasteiger partial charge is 0.256 e. The quantitative estimate of drug-likeness (QED) is 0.678. The van der Waals surface area contributed by atoms with Crippen molar-refractivity contribution in [2.75, 3.05) is 26.2 Å². The van der Waals surface area contributed by atoms with Gasteiger partial charge in [-0.2, -0.15) is 0 Å². The lowest BCUT2D eigenvalue weighted by atomic mass is 10.1. The van der Waals surface area contributed by atoms with Gasteiger partial charge >= 0.3 is 0 Å². The zero-order valence-corrected chi connectivity index (χ0v) is 20.5. The lowest BCUT2D eigenvalue weighted by Gasteiger charge is -2.26. The number of rotatable bonds is 2. The highest BCUT2D eigenvalue weighted by molar-refractivity contribution is 6.31. The highest BCUT2D eigenvalue weighted by Crippen LogP contribution is 2.24. The van der Waals surface area contributed by atoms with E-state index in [9.17, 15) is 14.4 Å². The van der Waals surface area contributed by atoms with Crippen LogP contribution in [0.25, 0.3) is 0 Å². The maximum atomic E-state index is 13.2. The van der Waals surface area contributed by atoms with E-state index >= 15 is 0 Å². The van der Waals surface area contributed by atoms with Gasteiger partial charge in [0, 0.05) is 30.0 Å². The lowest BCUT2D eigenvalue weighted by Crippen LogP contribution is -2.48. The number of carbonyl (C=O) groups is 3. The number of carbonyl (C=O) groups excluding carboxylic acids is 3. The number of aromatic nitrogens is 1. The average molecular weight is 487 g/mol. The number of nitrogens with one attached hydrogen (secondary N) is 2. The lowest BCUT2D eigenvalue weighted by molar-refractivity contribution is -0.123. The minimum absolute atomic E-state index is 0.0638. The van der Waals surface area contributed by atoms with Gasteiger partial charge in [-0.3, -0.25) is 19.4 Å². The predicted molar refractivity (Wildman–Crippen MR) is 130 cm³/mol. The molecule has 1 atom stereocenters. The molecule has 1 aromatic heterocycles. The zero-order valence-electron chi connectivity index (χ0n) is 19.8. The van der Waals surface area contributed by atoms with Crippen LogP contribution in [0.3, 0.4) is 0 Å². The van der Waals surface area contributed by atoms with Crippen molar-refractivity contribution in [3.63, 3.8) is 0 Å². The van der Waals surface area contributed by atoms with Gasteiger partial charge in [0.1, 0.15) is 12.4 Å². The van der Waals surface area contributed by atoms with Crippen molar-refractivity contribution in [2.24, 2.45) is 5.92 Å². The second kappa shape index (κ2) is 11.8. The van der Waals surface area contributed by atoms with Crippen molar-refractivity contribution in [1.82, 2.24) is 20.5 Å². The predicted octanol–water partition coefficient (Wildman–Crippen LogP) is 3.23. The summed E-state index contributed by atoms with van der Waals surface area (Å²) in [6, 6.07) is 8.00. The van der Waals surface area contributed by atoms with Crippen LogP contribution in [-0.4, -0.2) is 59.9 Å². The Kier molecular flexibility index (Phi) is 8.87. The Balaban J connectivity index is 1.83. The highest BCUT2D eigenvalue weighted by atomic mass is 35.5. The normalized spacial score (nSPS) is 18.1.